The molecule has 1 atom stereocenters. The van der Waals surface area contributed by atoms with Crippen LogP contribution in [0.5, 0.6) is 0 Å². The van der Waals surface area contributed by atoms with E-state index in [4.69, 9.17) is 19.4 Å². The number of carbonyl (C=O) groups is 1. The van der Waals surface area contributed by atoms with Gasteiger partial charge in [0.2, 0.25) is 0 Å². The molecule has 0 saturated carbocycles. The summed E-state index contributed by atoms with van der Waals surface area (Å²) in [6, 6.07) is 9.49. The van der Waals surface area contributed by atoms with Crippen LogP contribution in [-0.4, -0.2) is 91.8 Å². The highest BCUT2D eigenvalue weighted by molar-refractivity contribution is 7.91. The van der Waals surface area contributed by atoms with Crippen molar-refractivity contribution in [3.8, 4) is 11.4 Å². The lowest BCUT2D eigenvalue weighted by molar-refractivity contribution is 0.0741. The van der Waals surface area contributed by atoms with Crippen LogP contribution in [0.4, 0.5) is 10.6 Å². The Morgan fingerprint density at radius 2 is 1.92 bits per heavy atom. The van der Waals surface area contributed by atoms with Gasteiger partial charge in [0.1, 0.15) is 10.6 Å². The average molecular weight is 558 g/mol. The zero-order valence-corrected chi connectivity index (χ0v) is 23.3. The molecule has 2 aliphatic heterocycles. The Balaban J connectivity index is 1.63. The van der Waals surface area contributed by atoms with Crippen LogP contribution in [0.25, 0.3) is 22.4 Å². The number of fused-ring (bicyclic) bond motifs is 1. The zero-order chi connectivity index (χ0) is 27.8. The van der Waals surface area contributed by atoms with E-state index in [9.17, 15) is 18.3 Å². The third-order valence-electron chi connectivity index (χ3n) is 7.87. The summed E-state index contributed by atoms with van der Waals surface area (Å²) in [6.07, 6.45) is 1.91. The second kappa shape index (κ2) is 10.7. The molecule has 0 unspecified atom stereocenters. The SMILES string of the molecule is CC[C@H]1COCCN1c1cc(C2(S(C)(=O)=O)CCOCC2)cc(-c2ccc3[nH]c(CN(C)C(=O)O)cc3n2)n1. The number of nitrogens with one attached hydrogen (secondary N) is 1. The van der Waals surface area contributed by atoms with Crippen LogP contribution in [0.3, 0.4) is 0 Å². The largest absolute Gasteiger partial charge is 0.465 e. The first-order chi connectivity index (χ1) is 18.6. The standard InChI is InChI=1S/C27H35N5O6S/c1-4-20-17-38-12-9-32(20)25-14-18(27(39(3,35)36)7-10-37-11-8-27)13-23(30-25)22-6-5-21-24(29-22)15-19(28-21)16-31(2)26(33)34/h5-6,13-15,20,28H,4,7-12,16-17H2,1-3H3,(H,33,34)/t20-/m0/s1. The molecule has 0 spiro atoms. The second-order valence-electron chi connectivity index (χ2n) is 10.4. The Labute approximate surface area is 228 Å². The fourth-order valence-electron chi connectivity index (χ4n) is 5.54. The quantitative estimate of drug-likeness (QED) is 0.448. The number of carboxylic acid groups (broad SMARTS) is 1. The first-order valence-corrected chi connectivity index (χ1v) is 15.1. The van der Waals surface area contributed by atoms with E-state index in [1.165, 1.54) is 18.2 Å². The number of anilines is 1. The molecule has 2 N–H and O–H groups in total. The summed E-state index contributed by atoms with van der Waals surface area (Å²) in [5.41, 5.74) is 4.08. The fourth-order valence-corrected chi connectivity index (χ4v) is 7.00. The molecule has 0 radical (unpaired) electrons. The van der Waals surface area contributed by atoms with Crippen molar-refractivity contribution in [1.29, 1.82) is 0 Å². The maximum absolute atomic E-state index is 13.3. The monoisotopic (exact) mass is 557 g/mol. The molecule has 11 nitrogen and oxygen atoms in total. The van der Waals surface area contributed by atoms with Gasteiger partial charge in [-0.1, -0.05) is 6.92 Å². The van der Waals surface area contributed by atoms with Gasteiger partial charge in [-0.05, 0) is 55.2 Å². The van der Waals surface area contributed by atoms with E-state index in [1.807, 2.05) is 30.3 Å². The minimum Gasteiger partial charge on any atom is -0.465 e. The molecule has 0 bridgehead atoms. The highest BCUT2D eigenvalue weighted by Crippen LogP contribution is 2.42. The summed E-state index contributed by atoms with van der Waals surface area (Å²) in [5.74, 6) is 0.715. The summed E-state index contributed by atoms with van der Waals surface area (Å²) >= 11 is 0. The topological polar surface area (TPSA) is 138 Å². The lowest BCUT2D eigenvalue weighted by atomic mass is 9.90. The van der Waals surface area contributed by atoms with E-state index in [2.05, 4.69) is 16.8 Å². The normalized spacial score (nSPS) is 19.8. The molecule has 2 saturated heterocycles. The van der Waals surface area contributed by atoms with Gasteiger partial charge in [-0.25, -0.2) is 23.2 Å². The van der Waals surface area contributed by atoms with Gasteiger partial charge in [0.15, 0.2) is 9.84 Å². The van der Waals surface area contributed by atoms with Gasteiger partial charge in [-0.3, -0.25) is 0 Å². The predicted molar refractivity (Wildman–Crippen MR) is 148 cm³/mol. The Bertz CT molecular complexity index is 1470. The number of pyridine rings is 2. The number of aromatic nitrogens is 3. The summed E-state index contributed by atoms with van der Waals surface area (Å²) in [4.78, 5) is 27.7. The lowest BCUT2D eigenvalue weighted by Gasteiger charge is -2.39. The number of sulfone groups is 1. The Morgan fingerprint density at radius 3 is 2.62 bits per heavy atom. The average Bonchev–Trinajstić information content (AvgIpc) is 3.34. The number of rotatable bonds is 7. The fraction of sp³-hybridized carbons (Fsp3) is 0.519. The molecule has 3 aromatic rings. The van der Waals surface area contributed by atoms with Crippen LogP contribution in [0.2, 0.25) is 0 Å². The van der Waals surface area contributed by atoms with Crippen LogP contribution < -0.4 is 4.90 Å². The first-order valence-electron chi connectivity index (χ1n) is 13.2. The van der Waals surface area contributed by atoms with Gasteiger partial charge in [0.05, 0.1) is 48.2 Å². The van der Waals surface area contributed by atoms with E-state index in [1.54, 1.807) is 0 Å². The minimum absolute atomic E-state index is 0.132. The zero-order valence-electron chi connectivity index (χ0n) is 22.5. The van der Waals surface area contributed by atoms with E-state index >= 15 is 0 Å². The van der Waals surface area contributed by atoms with Gasteiger partial charge in [-0.2, -0.15) is 0 Å². The number of hydrogen-bond acceptors (Lipinski definition) is 8. The molecule has 2 fully saturated rings. The van der Waals surface area contributed by atoms with Crippen molar-refractivity contribution in [3.63, 3.8) is 0 Å². The molecule has 3 aromatic heterocycles. The number of aromatic amines is 1. The minimum atomic E-state index is -3.49. The molecule has 0 aliphatic carbocycles. The molecular weight excluding hydrogens is 522 g/mol. The second-order valence-corrected chi connectivity index (χ2v) is 12.7. The van der Waals surface area contributed by atoms with Crippen molar-refractivity contribution in [3.05, 3.63) is 41.6 Å². The van der Waals surface area contributed by atoms with Crippen molar-refractivity contribution >= 4 is 32.8 Å². The highest BCUT2D eigenvalue weighted by Gasteiger charge is 2.44. The molecule has 5 heterocycles. The lowest BCUT2D eigenvalue weighted by Crippen LogP contribution is -2.46. The predicted octanol–water partition coefficient (Wildman–Crippen LogP) is 3.40. The number of H-pyrrole nitrogens is 1. The van der Waals surface area contributed by atoms with Crippen molar-refractivity contribution < 1.29 is 27.8 Å². The molecule has 2 aliphatic rings. The number of morpholine rings is 1. The van der Waals surface area contributed by atoms with Crippen molar-refractivity contribution in [2.45, 2.75) is 43.5 Å². The highest BCUT2D eigenvalue weighted by atomic mass is 32.2. The summed E-state index contributed by atoms with van der Waals surface area (Å²) in [7, 11) is -1.98. The van der Waals surface area contributed by atoms with Crippen molar-refractivity contribution in [2.75, 3.05) is 51.2 Å². The maximum Gasteiger partial charge on any atom is 0.407 e. The molecule has 210 valence electrons. The molecule has 1 amide bonds. The van der Waals surface area contributed by atoms with Gasteiger partial charge in [-0.15, -0.1) is 0 Å². The van der Waals surface area contributed by atoms with E-state index in [-0.39, 0.29) is 12.6 Å². The molecule has 12 heteroatoms. The van der Waals surface area contributed by atoms with Crippen molar-refractivity contribution in [2.24, 2.45) is 0 Å². The van der Waals surface area contributed by atoms with Crippen LogP contribution in [0.15, 0.2) is 30.3 Å². The Kier molecular flexibility index (Phi) is 7.53. The first kappa shape index (κ1) is 27.4. The van der Waals surface area contributed by atoms with E-state index < -0.39 is 20.7 Å². The Hall–Kier alpha value is -3.22. The third kappa shape index (κ3) is 5.32. The number of nitrogens with zero attached hydrogens (tertiary/aromatic N) is 4. The summed E-state index contributed by atoms with van der Waals surface area (Å²) < 4.78 is 36.8. The van der Waals surface area contributed by atoms with Gasteiger partial charge >= 0.3 is 6.09 Å². The molecular formula is C27H35N5O6S. The molecule has 39 heavy (non-hydrogen) atoms. The summed E-state index contributed by atoms with van der Waals surface area (Å²) in [6.45, 7) is 4.87. The van der Waals surface area contributed by atoms with Gasteiger partial charge < -0.3 is 29.4 Å². The number of amides is 1. The third-order valence-corrected chi connectivity index (χ3v) is 9.93. The number of hydrogen-bond donors (Lipinski definition) is 2. The molecule has 5 rings (SSSR count). The van der Waals surface area contributed by atoms with Crippen molar-refractivity contribution in [1.82, 2.24) is 19.9 Å². The van der Waals surface area contributed by atoms with E-state index in [0.717, 1.165) is 17.6 Å². The van der Waals surface area contributed by atoms with Crippen LogP contribution >= 0.6 is 0 Å². The van der Waals surface area contributed by atoms with Gasteiger partial charge in [0.25, 0.3) is 0 Å². The van der Waals surface area contributed by atoms with Crippen LogP contribution in [-0.2, 0) is 30.6 Å². The molecule has 0 aromatic carbocycles. The smallest absolute Gasteiger partial charge is 0.407 e. The summed E-state index contributed by atoms with van der Waals surface area (Å²) in [5, 5.41) is 9.22. The van der Waals surface area contributed by atoms with Crippen LogP contribution in [0.1, 0.15) is 37.4 Å². The van der Waals surface area contributed by atoms with Crippen LogP contribution in [0, 0.1) is 0 Å². The van der Waals surface area contributed by atoms with Gasteiger partial charge in [0, 0.05) is 38.8 Å². The Morgan fingerprint density at radius 1 is 1.15 bits per heavy atom. The maximum atomic E-state index is 13.3. The van der Waals surface area contributed by atoms with E-state index in [0.29, 0.717) is 74.1 Å². The number of ether oxygens (including phenoxy) is 2.